The van der Waals surface area contributed by atoms with Gasteiger partial charge in [-0.2, -0.15) is 0 Å². The van der Waals surface area contributed by atoms with Gasteiger partial charge in [-0.05, 0) is 37.0 Å². The first-order chi connectivity index (χ1) is 13.4. The summed E-state index contributed by atoms with van der Waals surface area (Å²) in [5.41, 5.74) is 1.05. The van der Waals surface area contributed by atoms with Gasteiger partial charge >= 0.3 is 6.29 Å². The molecule has 0 saturated carbocycles. The topological polar surface area (TPSA) is 82.5 Å². The summed E-state index contributed by atoms with van der Waals surface area (Å²) >= 11 is 1.53. The molecule has 1 aliphatic heterocycles. The Labute approximate surface area is 160 Å². The van der Waals surface area contributed by atoms with Gasteiger partial charge in [0.1, 0.15) is 11.4 Å². The van der Waals surface area contributed by atoms with Crippen LogP contribution in [0.2, 0.25) is 0 Å². The Balaban J connectivity index is 1.37. The summed E-state index contributed by atoms with van der Waals surface area (Å²) < 4.78 is 36.1. The largest absolute Gasteiger partial charge is 0.586 e. The maximum absolute atomic E-state index is 13.1. The minimum Gasteiger partial charge on any atom is -0.395 e. The lowest BCUT2D eigenvalue weighted by Gasteiger charge is -2.08. The Morgan fingerprint density at radius 3 is 2.96 bits per heavy atom. The number of nitrogens with one attached hydrogen (secondary N) is 1. The molecule has 2 aromatic heterocycles. The summed E-state index contributed by atoms with van der Waals surface area (Å²) in [6, 6.07) is 3.93. The number of fused-ring (bicyclic) bond motifs is 4. The van der Waals surface area contributed by atoms with Crippen molar-refractivity contribution in [2.24, 2.45) is 0 Å². The molecule has 10 heteroatoms. The van der Waals surface area contributed by atoms with Gasteiger partial charge in [0.2, 0.25) is 5.91 Å². The molecule has 5 rings (SSSR count). The van der Waals surface area contributed by atoms with Gasteiger partial charge in [0.25, 0.3) is 5.56 Å². The van der Waals surface area contributed by atoms with Gasteiger partial charge in [0.05, 0.1) is 11.7 Å². The molecular weight excluding hydrogens is 392 g/mol. The molecule has 1 N–H and O–H groups in total. The first-order valence-corrected chi connectivity index (χ1v) is 9.41. The molecule has 3 aromatic rings. The first kappa shape index (κ1) is 17.1. The summed E-state index contributed by atoms with van der Waals surface area (Å²) in [5, 5.41) is 3.16. The summed E-state index contributed by atoms with van der Waals surface area (Å²) in [5.74, 6) is -0.766. The zero-order valence-corrected chi connectivity index (χ0v) is 15.1. The third kappa shape index (κ3) is 2.80. The number of anilines is 1. The highest BCUT2D eigenvalue weighted by atomic mass is 32.1. The van der Waals surface area contributed by atoms with Crippen molar-refractivity contribution in [1.29, 1.82) is 0 Å². The third-order valence-corrected chi connectivity index (χ3v) is 5.89. The van der Waals surface area contributed by atoms with Gasteiger partial charge in [0.15, 0.2) is 11.5 Å². The number of carbonyl (C=O) groups is 1. The molecule has 1 aromatic carbocycles. The molecule has 0 saturated heterocycles. The van der Waals surface area contributed by atoms with Gasteiger partial charge in [-0.3, -0.25) is 14.2 Å². The molecule has 144 valence electrons. The number of halogens is 2. The van der Waals surface area contributed by atoms with Crippen LogP contribution in [0.1, 0.15) is 16.9 Å². The predicted octanol–water partition coefficient (Wildman–Crippen LogP) is 2.91. The van der Waals surface area contributed by atoms with Crippen LogP contribution in [0.5, 0.6) is 11.5 Å². The van der Waals surface area contributed by atoms with Crippen molar-refractivity contribution in [3.05, 3.63) is 45.3 Å². The standard InChI is InChI=1S/C18H13F2N3O4S/c19-18(20)26-11-5-4-9(6-12(11)27-18)22-14(24)7-23-8-21-16-15(17(23)25)10-2-1-3-13(10)28-16/h4-6,8H,1-3,7H2,(H,22,24). The number of carbonyl (C=O) groups excluding carboxylic acids is 1. The minimum absolute atomic E-state index is 0.111. The molecule has 7 nitrogen and oxygen atoms in total. The van der Waals surface area contributed by atoms with Crippen LogP contribution in [0.3, 0.4) is 0 Å². The van der Waals surface area contributed by atoms with Gasteiger partial charge in [0, 0.05) is 16.6 Å². The molecule has 0 atom stereocenters. The van der Waals surface area contributed by atoms with E-state index < -0.39 is 12.2 Å². The number of rotatable bonds is 3. The summed E-state index contributed by atoms with van der Waals surface area (Å²) in [6.45, 7) is -0.239. The second kappa shape index (κ2) is 5.99. The van der Waals surface area contributed by atoms with E-state index >= 15 is 0 Å². The van der Waals surface area contributed by atoms with E-state index in [1.807, 2.05) is 0 Å². The van der Waals surface area contributed by atoms with Crippen molar-refractivity contribution in [3.8, 4) is 11.5 Å². The van der Waals surface area contributed by atoms with E-state index in [1.54, 1.807) is 0 Å². The van der Waals surface area contributed by atoms with Crippen LogP contribution in [0.15, 0.2) is 29.3 Å². The van der Waals surface area contributed by atoms with Gasteiger partial charge in [-0.1, -0.05) is 0 Å². The van der Waals surface area contributed by atoms with Crippen molar-refractivity contribution >= 4 is 33.1 Å². The van der Waals surface area contributed by atoms with E-state index in [1.165, 1.54) is 45.3 Å². The second-order valence-corrected chi connectivity index (χ2v) is 7.68. The number of hydrogen-bond acceptors (Lipinski definition) is 6. The zero-order chi connectivity index (χ0) is 19.5. The van der Waals surface area contributed by atoms with Crippen LogP contribution in [-0.4, -0.2) is 21.8 Å². The summed E-state index contributed by atoms with van der Waals surface area (Å²) in [7, 11) is 0. The molecule has 1 amide bonds. The third-order valence-electron chi connectivity index (χ3n) is 4.69. The van der Waals surface area contributed by atoms with Crippen LogP contribution >= 0.6 is 11.3 Å². The second-order valence-electron chi connectivity index (χ2n) is 6.59. The average molecular weight is 405 g/mol. The molecule has 1 aliphatic carbocycles. The molecule has 2 aliphatic rings. The van der Waals surface area contributed by atoms with E-state index in [0.29, 0.717) is 10.2 Å². The Morgan fingerprint density at radius 1 is 1.29 bits per heavy atom. The number of aryl methyl sites for hydroxylation is 2. The number of ether oxygens (including phenoxy) is 2. The fourth-order valence-corrected chi connectivity index (χ4v) is 4.73. The highest BCUT2D eigenvalue weighted by Crippen LogP contribution is 2.42. The normalized spacial score (nSPS) is 16.4. The number of nitrogens with zero attached hydrogens (tertiary/aromatic N) is 2. The molecule has 0 unspecified atom stereocenters. The van der Waals surface area contributed by atoms with Crippen LogP contribution < -0.4 is 20.3 Å². The van der Waals surface area contributed by atoms with Crippen LogP contribution in [0.25, 0.3) is 10.2 Å². The highest BCUT2D eigenvalue weighted by molar-refractivity contribution is 7.18. The molecule has 0 spiro atoms. The quantitative estimate of drug-likeness (QED) is 0.725. The maximum atomic E-state index is 13.1. The summed E-state index contributed by atoms with van der Waals surface area (Å²) in [6.07, 6.45) is 0.467. The number of thiophene rings is 1. The van der Waals surface area contributed by atoms with Crippen LogP contribution in [0.4, 0.5) is 14.5 Å². The fourth-order valence-electron chi connectivity index (χ4n) is 3.51. The molecule has 0 fully saturated rings. The summed E-state index contributed by atoms with van der Waals surface area (Å²) in [4.78, 5) is 31.3. The Bertz CT molecular complexity index is 1190. The molecule has 0 radical (unpaired) electrons. The van der Waals surface area contributed by atoms with Crippen molar-refractivity contribution < 1.29 is 23.0 Å². The zero-order valence-electron chi connectivity index (χ0n) is 14.3. The van der Waals surface area contributed by atoms with Crippen molar-refractivity contribution in [3.63, 3.8) is 0 Å². The van der Waals surface area contributed by atoms with Gasteiger partial charge in [-0.25, -0.2) is 4.98 Å². The van der Waals surface area contributed by atoms with Crippen molar-refractivity contribution in [2.45, 2.75) is 32.1 Å². The van der Waals surface area contributed by atoms with Gasteiger partial charge in [-0.15, -0.1) is 20.1 Å². The number of amides is 1. The number of benzene rings is 1. The highest BCUT2D eigenvalue weighted by Gasteiger charge is 2.43. The monoisotopic (exact) mass is 405 g/mol. The Morgan fingerprint density at radius 2 is 2.11 bits per heavy atom. The Kier molecular flexibility index (Phi) is 3.66. The lowest BCUT2D eigenvalue weighted by molar-refractivity contribution is -0.286. The minimum atomic E-state index is -3.72. The molecule has 28 heavy (non-hydrogen) atoms. The molecular formula is C18H13F2N3O4S. The average Bonchev–Trinajstić information content (AvgIpc) is 3.27. The predicted molar refractivity (Wildman–Crippen MR) is 97.2 cm³/mol. The number of alkyl halides is 2. The smallest absolute Gasteiger partial charge is 0.395 e. The Hall–Kier alpha value is -3.01. The van der Waals surface area contributed by atoms with E-state index in [0.717, 1.165) is 24.8 Å². The van der Waals surface area contributed by atoms with Crippen LogP contribution in [-0.2, 0) is 24.2 Å². The fraction of sp³-hybridized carbons (Fsp3) is 0.278. The lowest BCUT2D eigenvalue weighted by atomic mass is 10.2. The lowest BCUT2D eigenvalue weighted by Crippen LogP contribution is -2.28. The van der Waals surface area contributed by atoms with E-state index in [2.05, 4.69) is 19.8 Å². The maximum Gasteiger partial charge on any atom is 0.586 e. The number of aromatic nitrogens is 2. The molecule has 3 heterocycles. The number of hydrogen-bond donors (Lipinski definition) is 1. The van der Waals surface area contributed by atoms with Crippen molar-refractivity contribution in [1.82, 2.24) is 9.55 Å². The first-order valence-electron chi connectivity index (χ1n) is 8.59. The van der Waals surface area contributed by atoms with E-state index in [4.69, 9.17) is 0 Å². The van der Waals surface area contributed by atoms with Crippen molar-refractivity contribution in [2.75, 3.05) is 5.32 Å². The van der Waals surface area contributed by atoms with E-state index in [-0.39, 0.29) is 29.3 Å². The van der Waals surface area contributed by atoms with E-state index in [9.17, 15) is 18.4 Å². The van der Waals surface area contributed by atoms with Gasteiger partial charge < -0.3 is 14.8 Å². The van der Waals surface area contributed by atoms with Crippen LogP contribution in [0, 0.1) is 0 Å². The SMILES string of the molecule is O=C(Cn1cnc2sc3c(c2c1=O)CCC3)Nc1ccc2c(c1)OC(F)(F)O2. The molecule has 0 bridgehead atoms.